The number of halogens is 1. The summed E-state index contributed by atoms with van der Waals surface area (Å²) in [4.78, 5) is 6.65. The van der Waals surface area contributed by atoms with Gasteiger partial charge in [0.2, 0.25) is 0 Å². The first kappa shape index (κ1) is 21.4. The van der Waals surface area contributed by atoms with Gasteiger partial charge in [-0.15, -0.1) is 24.0 Å². The molecule has 0 saturated carbocycles. The first-order valence-electron chi connectivity index (χ1n) is 8.51. The van der Waals surface area contributed by atoms with Gasteiger partial charge in [0.15, 0.2) is 5.96 Å². The molecule has 0 aliphatic carbocycles. The summed E-state index contributed by atoms with van der Waals surface area (Å²) < 4.78 is 0. The highest BCUT2D eigenvalue weighted by atomic mass is 127. The van der Waals surface area contributed by atoms with Crippen molar-refractivity contribution < 1.29 is 0 Å². The van der Waals surface area contributed by atoms with Gasteiger partial charge in [0.05, 0.1) is 0 Å². The van der Waals surface area contributed by atoms with Crippen molar-refractivity contribution in [3.05, 3.63) is 29.3 Å². The maximum Gasteiger partial charge on any atom is 0.191 e. The highest BCUT2D eigenvalue weighted by Crippen LogP contribution is 2.26. The maximum absolute atomic E-state index is 4.30. The smallest absolute Gasteiger partial charge is 0.191 e. The van der Waals surface area contributed by atoms with Gasteiger partial charge in [-0.25, -0.2) is 0 Å². The predicted octanol–water partition coefficient (Wildman–Crippen LogP) is 3.50. The average molecular weight is 462 g/mol. The zero-order valence-electron chi connectivity index (χ0n) is 15.1. The van der Waals surface area contributed by atoms with Crippen molar-refractivity contribution in [1.82, 2.24) is 10.6 Å². The number of aliphatic imine (C=N–C) groups is 1. The number of benzene rings is 1. The Morgan fingerprint density at radius 1 is 1.29 bits per heavy atom. The average Bonchev–Trinajstić information content (AvgIpc) is 2.57. The Balaban J connectivity index is 0.00000288. The van der Waals surface area contributed by atoms with Crippen molar-refractivity contribution >= 4 is 47.4 Å². The Hall–Kier alpha value is -0.630. The quantitative estimate of drug-likeness (QED) is 0.282. The fourth-order valence-corrected chi connectivity index (χ4v) is 3.43. The van der Waals surface area contributed by atoms with Crippen LogP contribution in [0.5, 0.6) is 0 Å². The number of nitrogens with one attached hydrogen (secondary N) is 2. The van der Waals surface area contributed by atoms with Gasteiger partial charge in [-0.1, -0.05) is 12.1 Å². The lowest BCUT2D eigenvalue weighted by Crippen LogP contribution is -2.37. The second kappa shape index (κ2) is 11.8. The van der Waals surface area contributed by atoms with E-state index >= 15 is 0 Å². The van der Waals surface area contributed by atoms with E-state index in [-0.39, 0.29) is 24.0 Å². The minimum atomic E-state index is 0. The van der Waals surface area contributed by atoms with Crippen LogP contribution in [0.1, 0.15) is 30.4 Å². The van der Waals surface area contributed by atoms with Crippen molar-refractivity contribution in [2.75, 3.05) is 44.1 Å². The predicted molar refractivity (Wildman–Crippen MR) is 119 cm³/mol. The van der Waals surface area contributed by atoms with Crippen LogP contribution < -0.4 is 15.5 Å². The van der Waals surface area contributed by atoms with Crippen LogP contribution in [0.4, 0.5) is 5.69 Å². The first-order chi connectivity index (χ1) is 11.2. The van der Waals surface area contributed by atoms with E-state index in [9.17, 15) is 0 Å². The van der Waals surface area contributed by atoms with E-state index < -0.39 is 0 Å². The molecule has 0 radical (unpaired) electrons. The van der Waals surface area contributed by atoms with Crippen LogP contribution in [0.15, 0.2) is 23.2 Å². The van der Waals surface area contributed by atoms with Crippen LogP contribution in [0.25, 0.3) is 0 Å². The molecule has 2 N–H and O–H groups in total. The molecule has 0 bridgehead atoms. The number of hydrogen-bond acceptors (Lipinski definition) is 3. The molecule has 6 heteroatoms. The molecule has 1 aromatic carbocycles. The van der Waals surface area contributed by atoms with Gasteiger partial charge in [-0.2, -0.15) is 11.8 Å². The van der Waals surface area contributed by atoms with Crippen molar-refractivity contribution in [3.63, 3.8) is 0 Å². The Morgan fingerprint density at radius 2 is 2.12 bits per heavy atom. The summed E-state index contributed by atoms with van der Waals surface area (Å²) in [6.07, 6.45) is 7.04. The van der Waals surface area contributed by atoms with Crippen LogP contribution in [0, 0.1) is 0 Å². The van der Waals surface area contributed by atoms with Gasteiger partial charge in [0.25, 0.3) is 0 Å². The molecule has 1 aliphatic rings. The van der Waals surface area contributed by atoms with Crippen molar-refractivity contribution in [2.24, 2.45) is 4.99 Å². The van der Waals surface area contributed by atoms with Crippen LogP contribution >= 0.6 is 35.7 Å². The molecule has 1 heterocycles. The number of anilines is 1. The molecule has 0 aromatic heterocycles. The minimum absolute atomic E-state index is 0. The Labute approximate surface area is 168 Å². The third-order valence-electron chi connectivity index (χ3n) is 4.25. The number of aryl methyl sites for hydroxylation is 1. The van der Waals surface area contributed by atoms with Crippen molar-refractivity contribution in [1.29, 1.82) is 0 Å². The molecule has 0 saturated heterocycles. The Kier molecular flexibility index (Phi) is 10.6. The molecule has 136 valence electrons. The summed E-state index contributed by atoms with van der Waals surface area (Å²) in [5, 5.41) is 6.80. The highest BCUT2D eigenvalue weighted by Gasteiger charge is 2.13. The van der Waals surface area contributed by atoms with E-state index in [0.29, 0.717) is 0 Å². The Bertz CT molecular complexity index is 522. The number of rotatable bonds is 7. The molecule has 0 spiro atoms. The van der Waals surface area contributed by atoms with E-state index in [2.05, 4.69) is 52.0 Å². The molecule has 0 atom stereocenters. The summed E-state index contributed by atoms with van der Waals surface area (Å²) in [7, 11) is 4.01. The number of fused-ring (bicyclic) bond motifs is 1. The summed E-state index contributed by atoms with van der Waals surface area (Å²) in [6.45, 7) is 2.97. The van der Waals surface area contributed by atoms with Crippen LogP contribution in [-0.2, 0) is 13.0 Å². The van der Waals surface area contributed by atoms with Crippen LogP contribution in [-0.4, -0.2) is 45.2 Å². The van der Waals surface area contributed by atoms with Crippen LogP contribution in [0.2, 0.25) is 0 Å². The van der Waals surface area contributed by atoms with Gasteiger partial charge in [0, 0.05) is 39.4 Å². The van der Waals surface area contributed by atoms with Gasteiger partial charge < -0.3 is 15.5 Å². The first-order valence-corrected chi connectivity index (χ1v) is 9.90. The second-order valence-corrected chi connectivity index (χ2v) is 7.03. The lowest BCUT2D eigenvalue weighted by molar-refractivity contribution is 0.729. The van der Waals surface area contributed by atoms with Crippen LogP contribution in [0.3, 0.4) is 0 Å². The molecule has 0 fully saturated rings. The van der Waals surface area contributed by atoms with Gasteiger partial charge in [0.1, 0.15) is 0 Å². The number of unbranched alkanes of at least 4 members (excludes halogenated alkanes) is 1. The van der Waals surface area contributed by atoms with Crippen molar-refractivity contribution in [2.45, 2.75) is 32.2 Å². The molecule has 0 amide bonds. The highest BCUT2D eigenvalue weighted by molar-refractivity contribution is 14.0. The number of nitrogens with zero attached hydrogens (tertiary/aromatic N) is 2. The maximum atomic E-state index is 4.30. The number of hydrogen-bond donors (Lipinski definition) is 2. The molecule has 1 aliphatic heterocycles. The molecule has 0 unspecified atom stereocenters. The second-order valence-electron chi connectivity index (χ2n) is 6.04. The summed E-state index contributed by atoms with van der Waals surface area (Å²) in [5.74, 6) is 2.13. The van der Waals surface area contributed by atoms with Gasteiger partial charge >= 0.3 is 0 Å². The molecule has 4 nitrogen and oxygen atoms in total. The van der Waals surface area contributed by atoms with Crippen molar-refractivity contribution in [3.8, 4) is 0 Å². The monoisotopic (exact) mass is 462 g/mol. The normalized spacial score (nSPS) is 14.0. The summed E-state index contributed by atoms with van der Waals surface area (Å²) >= 11 is 1.91. The largest absolute Gasteiger partial charge is 0.374 e. The third kappa shape index (κ3) is 6.70. The van der Waals surface area contributed by atoms with E-state index in [0.717, 1.165) is 25.6 Å². The number of thioether (sulfide) groups is 1. The molecule has 1 aromatic rings. The SMILES string of the molecule is CN=C(NCCCCSC)NCc1ccc2c(c1)CCCN2C.I. The topological polar surface area (TPSA) is 39.7 Å². The lowest BCUT2D eigenvalue weighted by Gasteiger charge is -2.28. The zero-order valence-corrected chi connectivity index (χ0v) is 18.2. The number of guanidine groups is 1. The van der Waals surface area contributed by atoms with E-state index in [1.165, 1.54) is 48.3 Å². The molecule has 2 rings (SSSR count). The molecule has 24 heavy (non-hydrogen) atoms. The zero-order chi connectivity index (χ0) is 16.5. The molecular formula is C18H31IN4S. The molecular weight excluding hydrogens is 431 g/mol. The fraction of sp³-hybridized carbons (Fsp3) is 0.611. The van der Waals surface area contributed by atoms with Gasteiger partial charge in [-0.05, 0) is 54.9 Å². The standard InChI is InChI=1S/C18H30N4S.HI/c1-19-18(20-10-4-5-12-23-3)21-14-15-8-9-17-16(13-15)7-6-11-22(17)2;/h8-9,13H,4-7,10-12,14H2,1-3H3,(H2,19,20,21);1H. The van der Waals surface area contributed by atoms with E-state index in [1.54, 1.807) is 0 Å². The fourth-order valence-electron chi connectivity index (χ4n) is 2.93. The van der Waals surface area contributed by atoms with Gasteiger partial charge in [-0.3, -0.25) is 4.99 Å². The van der Waals surface area contributed by atoms with E-state index in [1.807, 2.05) is 18.8 Å². The van der Waals surface area contributed by atoms with E-state index in [4.69, 9.17) is 0 Å². The lowest BCUT2D eigenvalue weighted by atomic mass is 9.99. The summed E-state index contributed by atoms with van der Waals surface area (Å²) in [6, 6.07) is 6.81. The minimum Gasteiger partial charge on any atom is -0.374 e. The Morgan fingerprint density at radius 3 is 2.88 bits per heavy atom. The summed E-state index contributed by atoms with van der Waals surface area (Å²) in [5.41, 5.74) is 4.18. The third-order valence-corrected chi connectivity index (χ3v) is 4.94.